The average molecular weight is 1190 g/mol. The number of aliphatic hydroxyl groups is 4. The Hall–Kier alpha value is -4.49. The molecule has 0 spiro atoms. The van der Waals surface area contributed by atoms with Crippen molar-refractivity contribution in [2.24, 2.45) is 23.7 Å². The molecule has 0 radical (unpaired) electrons. The van der Waals surface area contributed by atoms with Crippen molar-refractivity contribution >= 4 is 59.7 Å². The number of phenolic OH excluding ortho intramolecular Hbond substituents is 2. The minimum atomic E-state index is -1.74. The summed E-state index contributed by atoms with van der Waals surface area (Å²) < 4.78 is 19.0. The predicted octanol–water partition coefficient (Wildman–Crippen LogP) is 12.3. The van der Waals surface area contributed by atoms with E-state index in [1.807, 2.05) is 61.9 Å². The van der Waals surface area contributed by atoms with Gasteiger partial charge < -0.3 is 55.2 Å². The third-order valence-corrected chi connectivity index (χ3v) is 24.7. The number of methoxy groups -OCH3 is 1. The van der Waals surface area contributed by atoms with Crippen molar-refractivity contribution in [3.8, 4) is 28.7 Å². The number of carbonyl (C=O) groups excluding carboxylic acids is 1. The van der Waals surface area contributed by atoms with E-state index in [4.69, 9.17) is 14.2 Å². The van der Waals surface area contributed by atoms with E-state index in [1.54, 1.807) is 62.4 Å². The lowest BCUT2D eigenvalue weighted by atomic mass is 9.52. The standard InChI is InChI=1S/C66H80N2O10S4/c1-4-40-15-16-41-12-10-13-50-58(34-69)82-81-36-46-28-59(73)66(48-29-47(30-49(71)31-48)65(67-2)22-8-5-9-23-65,53-37-80-79-35-44-11-6-7-14-55(44)78-57-27-43(53)18-20-56(57)77-38-70)64(75)61(46)62(74)45(25-39-21-24-68-33-39)26-42-17-19-54(72)63(76-3)52(42)32-51(40)60(41)50/h10,12-13,15-21,24,27,29-31,33,44-46,53,55,58-59,61-62,67-74H,4-9,11,14,22-23,25-26,28,32,34-38H2,1-3H3. The Kier molecular flexibility index (Phi) is 18.8. The summed E-state index contributed by atoms with van der Waals surface area (Å²) in [5.41, 5.74) is 5.69. The zero-order chi connectivity index (χ0) is 57.1. The number of H-pyrrole nitrogens is 1. The van der Waals surface area contributed by atoms with Crippen LogP contribution in [-0.2, 0) is 41.4 Å². The first-order chi connectivity index (χ1) is 39.9. The van der Waals surface area contributed by atoms with E-state index in [1.165, 1.54) is 0 Å². The number of benzene rings is 5. The van der Waals surface area contributed by atoms with Crippen molar-refractivity contribution in [1.29, 1.82) is 0 Å². The second-order valence-electron chi connectivity index (χ2n) is 23.6. The molecule has 2 aliphatic heterocycles. The summed E-state index contributed by atoms with van der Waals surface area (Å²) >= 11 is 0. The molecular formula is C66H80N2O10S4. The zero-order valence-electron chi connectivity index (χ0n) is 47.3. The first-order valence-electron chi connectivity index (χ1n) is 29.6. The van der Waals surface area contributed by atoms with Crippen LogP contribution in [0.4, 0.5) is 0 Å². The number of fused-ring (bicyclic) bond motifs is 5. The predicted molar refractivity (Wildman–Crippen MR) is 333 cm³/mol. The number of ether oxygens (including phenoxy) is 3. The fraction of sp³-hybridized carbons (Fsp3) is 0.500. The van der Waals surface area contributed by atoms with Crippen LogP contribution in [0.3, 0.4) is 0 Å². The number of rotatable bonds is 11. The lowest BCUT2D eigenvalue weighted by Crippen LogP contribution is -2.62. The molecule has 3 aliphatic carbocycles. The van der Waals surface area contributed by atoms with Crippen molar-refractivity contribution < 1.29 is 49.6 Å². The molecule has 8 N–H and O–H groups in total. The molecule has 10 atom stereocenters. The van der Waals surface area contributed by atoms with E-state index >= 15 is 4.79 Å². The summed E-state index contributed by atoms with van der Waals surface area (Å²) in [6, 6.07) is 27.5. The molecule has 12 nitrogen and oxygen atoms in total. The second kappa shape index (κ2) is 26.0. The van der Waals surface area contributed by atoms with Gasteiger partial charge in [-0.1, -0.05) is 124 Å². The summed E-state index contributed by atoms with van der Waals surface area (Å²) in [4.78, 5) is 20.8. The maximum absolute atomic E-state index is 17.6. The van der Waals surface area contributed by atoms with Gasteiger partial charge in [0.2, 0.25) is 0 Å². The van der Waals surface area contributed by atoms with E-state index in [0.29, 0.717) is 53.6 Å². The summed E-state index contributed by atoms with van der Waals surface area (Å²) in [5.74, 6) is -0.0992. The van der Waals surface area contributed by atoms with Gasteiger partial charge in [-0.15, -0.1) is 0 Å². The van der Waals surface area contributed by atoms with Gasteiger partial charge in [-0.2, -0.15) is 0 Å². The molecule has 10 unspecified atom stereocenters. The molecule has 2 bridgehead atoms. The number of hydrogen-bond acceptors (Lipinski definition) is 15. The fourth-order valence-corrected chi connectivity index (χ4v) is 20.8. The molecule has 82 heavy (non-hydrogen) atoms. The molecule has 1 aromatic heterocycles. The third kappa shape index (κ3) is 11.4. The highest BCUT2D eigenvalue weighted by molar-refractivity contribution is 8.77. The molecular weight excluding hydrogens is 1110 g/mol. The highest BCUT2D eigenvalue weighted by atomic mass is 33.1. The van der Waals surface area contributed by atoms with Crippen LogP contribution in [0.2, 0.25) is 0 Å². The van der Waals surface area contributed by atoms with Gasteiger partial charge in [0.1, 0.15) is 11.9 Å². The van der Waals surface area contributed by atoms with Crippen LogP contribution in [0.15, 0.2) is 97.3 Å². The number of hydrogen-bond donors (Lipinski definition) is 8. The van der Waals surface area contributed by atoms with Crippen molar-refractivity contribution in [3.05, 3.63) is 147 Å². The van der Waals surface area contributed by atoms with Gasteiger partial charge in [-0.05, 0) is 168 Å². The smallest absolute Gasteiger partial charge is 0.186 e. The van der Waals surface area contributed by atoms with Crippen LogP contribution >= 0.6 is 43.2 Å². The van der Waals surface area contributed by atoms with Gasteiger partial charge in [0.25, 0.3) is 0 Å². The first kappa shape index (κ1) is 59.2. The highest BCUT2D eigenvalue weighted by Gasteiger charge is 2.62. The van der Waals surface area contributed by atoms with Crippen LogP contribution in [0.25, 0.3) is 10.8 Å². The number of phenols is 2. The summed E-state index contributed by atoms with van der Waals surface area (Å²) in [7, 11) is 10.1. The molecule has 3 saturated carbocycles. The van der Waals surface area contributed by atoms with Crippen molar-refractivity contribution in [2.45, 2.75) is 137 Å². The number of aliphatic hydroxyl groups excluding tert-OH is 4. The maximum atomic E-state index is 17.6. The molecule has 438 valence electrons. The van der Waals surface area contributed by atoms with E-state index in [9.17, 15) is 30.6 Å². The minimum absolute atomic E-state index is 0.00121. The number of carbonyl (C=O) groups is 1. The lowest BCUT2D eigenvalue weighted by Gasteiger charge is -2.53. The van der Waals surface area contributed by atoms with Crippen molar-refractivity contribution in [2.75, 3.05) is 44.8 Å². The Morgan fingerprint density at radius 1 is 0.841 bits per heavy atom. The van der Waals surface area contributed by atoms with E-state index < -0.39 is 53.6 Å². The maximum Gasteiger partial charge on any atom is 0.186 e. The van der Waals surface area contributed by atoms with Crippen LogP contribution in [0.1, 0.15) is 132 Å². The molecule has 3 fully saturated rings. The number of ketones is 1. The van der Waals surface area contributed by atoms with Crippen LogP contribution in [0, 0.1) is 23.7 Å². The largest absolute Gasteiger partial charge is 0.508 e. The molecule has 3 heterocycles. The fourth-order valence-electron chi connectivity index (χ4n) is 15.1. The number of nitrogens with one attached hydrogen (secondary N) is 2. The number of aromatic amines is 1. The van der Waals surface area contributed by atoms with Crippen molar-refractivity contribution in [1.82, 2.24) is 10.3 Å². The third-order valence-electron chi connectivity index (χ3n) is 19.3. The summed E-state index contributed by atoms with van der Waals surface area (Å²) in [6.45, 7) is 1.43. The lowest BCUT2D eigenvalue weighted by molar-refractivity contribution is -0.150. The first-order valence-corrected chi connectivity index (χ1v) is 34.5. The molecule has 5 aromatic carbocycles. The molecule has 0 amide bonds. The normalized spacial score (nSPS) is 28.0. The van der Waals surface area contributed by atoms with Crippen LogP contribution in [-0.4, -0.2) is 105 Å². The number of aromatic hydroxyl groups is 2. The van der Waals surface area contributed by atoms with Gasteiger partial charge >= 0.3 is 0 Å². The van der Waals surface area contributed by atoms with Gasteiger partial charge in [-0.25, -0.2) is 0 Å². The van der Waals surface area contributed by atoms with Gasteiger partial charge in [-0.3, -0.25) is 4.79 Å². The molecule has 6 aromatic rings. The summed E-state index contributed by atoms with van der Waals surface area (Å²) in [5, 5.41) is 78.8. The van der Waals surface area contributed by atoms with Gasteiger partial charge in [0, 0.05) is 64.9 Å². The Morgan fingerprint density at radius 3 is 2.41 bits per heavy atom. The van der Waals surface area contributed by atoms with Gasteiger partial charge in [0.05, 0.1) is 36.6 Å². The van der Waals surface area contributed by atoms with E-state index in [0.717, 1.165) is 125 Å². The molecule has 5 aliphatic rings. The zero-order valence-corrected chi connectivity index (χ0v) is 50.6. The van der Waals surface area contributed by atoms with Crippen molar-refractivity contribution in [3.63, 3.8) is 0 Å². The SMILES string of the molecule is CCc1ccc2cccc3c2c1Cc1c(ccc(O)c1OC)CC(Cc1cc[nH]c1)C(O)C1C(=O)C(c2cc(O)cc(C4(NC)CCCCC4)c2)(C2CSSCC4CCCCC4Oc4cc2ccc4OCO)C(O)CC1CSSC3CO. The second-order valence-corrected chi connectivity index (χ2v) is 28.8. The number of aromatic nitrogens is 1. The highest BCUT2D eigenvalue weighted by Crippen LogP contribution is 2.58. The average Bonchev–Trinajstić information content (AvgIpc) is 1.28. The molecule has 0 saturated heterocycles. The topological polar surface area (TPSA) is 194 Å². The number of aryl methyl sites for hydroxylation is 1. The summed E-state index contributed by atoms with van der Waals surface area (Å²) in [6.07, 6.45) is 11.9. The molecule has 16 heteroatoms. The Labute approximate surface area is 498 Å². The van der Waals surface area contributed by atoms with E-state index in [2.05, 4.69) is 47.6 Å². The monoisotopic (exact) mass is 1190 g/mol. The Balaban J connectivity index is 1.13. The Bertz CT molecular complexity index is 3190. The molecule has 11 rings (SSSR count). The van der Waals surface area contributed by atoms with Gasteiger partial charge in [0.15, 0.2) is 35.6 Å². The number of Topliss-reactive ketones (excluding diaryl/α,β-unsaturated/α-hetero) is 1. The Morgan fingerprint density at radius 2 is 1.65 bits per heavy atom. The van der Waals surface area contributed by atoms with E-state index in [-0.39, 0.29) is 47.6 Å². The quantitative estimate of drug-likeness (QED) is 0.0451. The van der Waals surface area contributed by atoms with Crippen LogP contribution < -0.4 is 19.5 Å². The minimum Gasteiger partial charge on any atom is -0.508 e. The van der Waals surface area contributed by atoms with Crippen LogP contribution in [0.5, 0.6) is 28.7 Å².